The van der Waals surface area contributed by atoms with Crippen LogP contribution in [-0.4, -0.2) is 70.9 Å². The topological polar surface area (TPSA) is 132 Å². The summed E-state index contributed by atoms with van der Waals surface area (Å²) in [5.74, 6) is 1.02. The monoisotopic (exact) mass is 461 g/mol. The fourth-order valence-corrected chi connectivity index (χ4v) is 4.48. The van der Waals surface area contributed by atoms with Crippen molar-refractivity contribution in [2.24, 2.45) is 0 Å². The number of aromatic amines is 1. The second kappa shape index (κ2) is 8.98. The molecule has 3 aromatic heterocycles. The SMILES string of the molecule is CC(=O)c1c[nH]c2ccc(Nc3nccc(-n4cc(CN5C[C@H](O)C[C@H]5CO)c(C)n4)n3)cc12. The summed E-state index contributed by atoms with van der Waals surface area (Å²) in [6, 6.07) is 7.44. The van der Waals surface area contributed by atoms with Gasteiger partial charge in [-0.05, 0) is 38.5 Å². The molecule has 1 aliphatic rings. The van der Waals surface area contributed by atoms with E-state index in [9.17, 15) is 15.0 Å². The lowest BCUT2D eigenvalue weighted by atomic mass is 10.1. The number of anilines is 2. The Morgan fingerprint density at radius 2 is 2.18 bits per heavy atom. The van der Waals surface area contributed by atoms with Crippen molar-refractivity contribution in [3.05, 3.63) is 59.7 Å². The molecule has 0 unspecified atom stereocenters. The van der Waals surface area contributed by atoms with Crippen LogP contribution in [-0.2, 0) is 6.54 Å². The van der Waals surface area contributed by atoms with Crippen LogP contribution in [0.4, 0.5) is 11.6 Å². The van der Waals surface area contributed by atoms with E-state index in [4.69, 9.17) is 0 Å². The second-order valence-electron chi connectivity index (χ2n) is 8.72. The molecule has 10 heteroatoms. The average Bonchev–Trinajstić information content (AvgIpc) is 3.50. The molecule has 1 aliphatic heterocycles. The third-order valence-corrected chi connectivity index (χ3v) is 6.28. The normalized spacial score (nSPS) is 18.6. The number of rotatable bonds is 7. The number of likely N-dealkylation sites (tertiary alicyclic amines) is 1. The molecule has 4 aromatic rings. The van der Waals surface area contributed by atoms with Crippen molar-refractivity contribution >= 4 is 28.3 Å². The van der Waals surface area contributed by atoms with Gasteiger partial charge in [-0.1, -0.05) is 0 Å². The highest BCUT2D eigenvalue weighted by Gasteiger charge is 2.30. The van der Waals surface area contributed by atoms with E-state index in [1.165, 1.54) is 0 Å². The van der Waals surface area contributed by atoms with Gasteiger partial charge in [-0.15, -0.1) is 0 Å². The molecule has 4 N–H and O–H groups in total. The van der Waals surface area contributed by atoms with Gasteiger partial charge in [0.1, 0.15) is 0 Å². The van der Waals surface area contributed by atoms with E-state index in [1.54, 1.807) is 30.1 Å². The number of β-amino-alcohol motifs (C(OH)–C–C–N with tert-alkyl or cyclic N) is 1. The van der Waals surface area contributed by atoms with Crippen molar-refractivity contribution in [1.82, 2.24) is 29.6 Å². The van der Waals surface area contributed by atoms with Crippen LogP contribution in [0.15, 0.2) is 42.9 Å². The average molecular weight is 462 g/mol. The molecule has 0 amide bonds. The number of hydrogen-bond donors (Lipinski definition) is 4. The van der Waals surface area contributed by atoms with E-state index in [1.807, 2.05) is 31.3 Å². The number of aliphatic hydroxyl groups is 2. The number of carbonyl (C=O) groups is 1. The summed E-state index contributed by atoms with van der Waals surface area (Å²) in [4.78, 5) is 26.0. The highest BCUT2D eigenvalue weighted by Crippen LogP contribution is 2.25. The minimum atomic E-state index is -0.417. The van der Waals surface area contributed by atoms with Gasteiger partial charge in [-0.2, -0.15) is 10.1 Å². The predicted octanol–water partition coefficient (Wildman–Crippen LogP) is 2.33. The number of Topliss-reactive ketones (excluding diaryl/α,β-unsaturated/α-hetero) is 1. The van der Waals surface area contributed by atoms with Crippen LogP contribution in [0.3, 0.4) is 0 Å². The van der Waals surface area contributed by atoms with Gasteiger partial charge < -0.3 is 20.5 Å². The van der Waals surface area contributed by atoms with Gasteiger partial charge in [-0.25, -0.2) is 9.67 Å². The van der Waals surface area contributed by atoms with Crippen LogP contribution in [0.5, 0.6) is 0 Å². The largest absolute Gasteiger partial charge is 0.395 e. The molecule has 1 fully saturated rings. The Kier molecular flexibility index (Phi) is 5.86. The van der Waals surface area contributed by atoms with Crippen molar-refractivity contribution in [2.45, 2.75) is 39.0 Å². The molecule has 0 bridgehead atoms. The van der Waals surface area contributed by atoms with Crippen molar-refractivity contribution in [2.75, 3.05) is 18.5 Å². The summed E-state index contributed by atoms with van der Waals surface area (Å²) in [7, 11) is 0. The van der Waals surface area contributed by atoms with E-state index in [2.05, 4.69) is 30.3 Å². The van der Waals surface area contributed by atoms with E-state index in [-0.39, 0.29) is 18.4 Å². The maximum absolute atomic E-state index is 11.9. The Hall–Kier alpha value is -3.60. The first-order valence-corrected chi connectivity index (χ1v) is 11.2. The zero-order valence-electron chi connectivity index (χ0n) is 19.1. The van der Waals surface area contributed by atoms with Crippen LogP contribution in [0, 0.1) is 6.92 Å². The number of ketones is 1. The number of aliphatic hydroxyl groups excluding tert-OH is 2. The fourth-order valence-electron chi connectivity index (χ4n) is 4.48. The Bertz CT molecular complexity index is 1350. The van der Waals surface area contributed by atoms with Crippen LogP contribution >= 0.6 is 0 Å². The van der Waals surface area contributed by atoms with Crippen molar-refractivity contribution in [3.63, 3.8) is 0 Å². The van der Waals surface area contributed by atoms with Gasteiger partial charge in [0.25, 0.3) is 0 Å². The Morgan fingerprint density at radius 1 is 1.32 bits per heavy atom. The fraction of sp³-hybridized carbons (Fsp3) is 0.333. The van der Waals surface area contributed by atoms with Crippen LogP contribution in [0.2, 0.25) is 0 Å². The van der Waals surface area contributed by atoms with Crippen LogP contribution in [0.1, 0.15) is 35.0 Å². The number of fused-ring (bicyclic) bond motifs is 1. The van der Waals surface area contributed by atoms with Crippen molar-refractivity contribution < 1.29 is 15.0 Å². The number of hydrogen-bond acceptors (Lipinski definition) is 8. The molecular weight excluding hydrogens is 434 g/mol. The van der Waals surface area contributed by atoms with Gasteiger partial charge in [-0.3, -0.25) is 9.69 Å². The van der Waals surface area contributed by atoms with Crippen LogP contribution in [0.25, 0.3) is 16.7 Å². The summed E-state index contributed by atoms with van der Waals surface area (Å²) >= 11 is 0. The summed E-state index contributed by atoms with van der Waals surface area (Å²) in [6.45, 7) is 4.64. The van der Waals surface area contributed by atoms with Gasteiger partial charge in [0, 0.05) is 71.5 Å². The highest BCUT2D eigenvalue weighted by molar-refractivity contribution is 6.07. The third kappa shape index (κ3) is 4.30. The highest BCUT2D eigenvalue weighted by atomic mass is 16.3. The Balaban J connectivity index is 1.36. The number of benzene rings is 1. The molecule has 4 heterocycles. The number of aryl methyl sites for hydroxylation is 1. The second-order valence-corrected chi connectivity index (χ2v) is 8.72. The van der Waals surface area contributed by atoms with Crippen molar-refractivity contribution in [3.8, 4) is 5.82 Å². The summed E-state index contributed by atoms with van der Waals surface area (Å²) < 4.78 is 1.71. The molecule has 2 atom stereocenters. The van der Waals surface area contributed by atoms with Gasteiger partial charge in [0.15, 0.2) is 11.6 Å². The standard InChI is InChI=1S/C24H27N7O3/c1-14-16(10-30-12-19(34)8-18(30)13-32)11-31(29-14)23-5-6-25-24(28-23)27-17-3-4-22-20(7-17)21(9-26-22)15(2)33/h3-7,9,11,18-19,26,32,34H,8,10,12-13H2,1-2H3,(H,25,27,28)/t18-,19+/m0/s1. The first-order chi connectivity index (χ1) is 16.4. The maximum atomic E-state index is 11.9. The molecule has 1 saturated heterocycles. The number of aromatic nitrogens is 5. The maximum Gasteiger partial charge on any atom is 0.229 e. The Morgan fingerprint density at radius 3 is 2.97 bits per heavy atom. The zero-order valence-corrected chi connectivity index (χ0v) is 19.1. The lowest BCUT2D eigenvalue weighted by Crippen LogP contribution is -2.32. The molecule has 34 heavy (non-hydrogen) atoms. The third-order valence-electron chi connectivity index (χ3n) is 6.28. The molecule has 0 spiro atoms. The van der Waals surface area contributed by atoms with E-state index in [0.29, 0.717) is 36.8 Å². The summed E-state index contributed by atoms with van der Waals surface area (Å²) in [5.41, 5.74) is 4.17. The molecular formula is C24H27N7O3. The molecule has 5 rings (SSSR count). The number of H-pyrrole nitrogens is 1. The van der Waals surface area contributed by atoms with E-state index in [0.717, 1.165) is 27.8 Å². The molecule has 0 saturated carbocycles. The number of nitrogens with zero attached hydrogens (tertiary/aromatic N) is 5. The quantitative estimate of drug-likeness (QED) is 0.308. The molecule has 1 aromatic carbocycles. The van der Waals surface area contributed by atoms with E-state index >= 15 is 0 Å². The molecule has 176 valence electrons. The van der Waals surface area contributed by atoms with Gasteiger partial charge in [0.05, 0.1) is 18.4 Å². The summed E-state index contributed by atoms with van der Waals surface area (Å²) in [5, 5.41) is 28.2. The molecule has 10 nitrogen and oxygen atoms in total. The zero-order chi connectivity index (χ0) is 23.8. The number of carbonyl (C=O) groups excluding carboxylic acids is 1. The smallest absolute Gasteiger partial charge is 0.229 e. The first-order valence-electron chi connectivity index (χ1n) is 11.2. The molecule has 0 radical (unpaired) electrons. The van der Waals surface area contributed by atoms with Crippen LogP contribution < -0.4 is 5.32 Å². The lowest BCUT2D eigenvalue weighted by molar-refractivity contribution is 0.101. The van der Waals surface area contributed by atoms with Gasteiger partial charge in [0.2, 0.25) is 5.95 Å². The minimum Gasteiger partial charge on any atom is -0.395 e. The molecule has 0 aliphatic carbocycles. The minimum absolute atomic E-state index is 0.000234. The summed E-state index contributed by atoms with van der Waals surface area (Å²) in [6.07, 6.45) is 5.46. The van der Waals surface area contributed by atoms with Gasteiger partial charge >= 0.3 is 0 Å². The Labute approximate surface area is 196 Å². The predicted molar refractivity (Wildman–Crippen MR) is 127 cm³/mol. The lowest BCUT2D eigenvalue weighted by Gasteiger charge is -2.21. The van der Waals surface area contributed by atoms with Crippen molar-refractivity contribution in [1.29, 1.82) is 0 Å². The number of nitrogens with one attached hydrogen (secondary N) is 2. The first kappa shape index (κ1) is 22.2. The van der Waals surface area contributed by atoms with E-state index < -0.39 is 6.10 Å².